The molecule has 1 aromatic carbocycles. The van der Waals surface area contributed by atoms with Crippen LogP contribution in [0.3, 0.4) is 0 Å². The second kappa shape index (κ2) is 4.93. The van der Waals surface area contributed by atoms with Gasteiger partial charge in [-0.1, -0.05) is 12.1 Å². The molecular formula is C16H26N2. The maximum Gasteiger partial charge on any atom is 0.0403 e. The molecule has 1 unspecified atom stereocenters. The van der Waals surface area contributed by atoms with E-state index in [1.165, 1.54) is 29.7 Å². The van der Waals surface area contributed by atoms with Crippen LogP contribution in [0.5, 0.6) is 0 Å². The smallest absolute Gasteiger partial charge is 0.0403 e. The molecule has 18 heavy (non-hydrogen) atoms. The highest BCUT2D eigenvalue weighted by Crippen LogP contribution is 2.36. The van der Waals surface area contributed by atoms with Crippen LogP contribution in [0.2, 0.25) is 0 Å². The van der Waals surface area contributed by atoms with Gasteiger partial charge in [0.1, 0.15) is 0 Å². The lowest BCUT2D eigenvalue weighted by Crippen LogP contribution is -2.51. The topological polar surface area (TPSA) is 29.3 Å². The summed E-state index contributed by atoms with van der Waals surface area (Å²) >= 11 is 0. The largest absolute Gasteiger partial charge is 0.366 e. The monoisotopic (exact) mass is 246 g/mol. The van der Waals surface area contributed by atoms with Crippen LogP contribution in [0.4, 0.5) is 5.69 Å². The van der Waals surface area contributed by atoms with Gasteiger partial charge in [0.25, 0.3) is 0 Å². The molecule has 0 aromatic heterocycles. The van der Waals surface area contributed by atoms with Gasteiger partial charge < -0.3 is 10.6 Å². The van der Waals surface area contributed by atoms with Gasteiger partial charge in [0.15, 0.2) is 0 Å². The molecule has 2 N–H and O–H groups in total. The third kappa shape index (κ3) is 2.54. The van der Waals surface area contributed by atoms with Crippen LogP contribution < -0.4 is 10.6 Å². The van der Waals surface area contributed by atoms with E-state index in [1.807, 2.05) is 0 Å². The Morgan fingerprint density at radius 2 is 2.06 bits per heavy atom. The van der Waals surface area contributed by atoms with Gasteiger partial charge in [-0.25, -0.2) is 0 Å². The Labute approximate surface area is 111 Å². The lowest BCUT2D eigenvalue weighted by molar-refractivity contribution is 0.278. The minimum Gasteiger partial charge on any atom is -0.366 e. The number of anilines is 1. The molecule has 1 fully saturated rings. The highest BCUT2D eigenvalue weighted by atomic mass is 15.2. The summed E-state index contributed by atoms with van der Waals surface area (Å²) in [4.78, 5) is 2.57. The van der Waals surface area contributed by atoms with E-state index >= 15 is 0 Å². The first-order chi connectivity index (χ1) is 8.44. The number of aryl methyl sites for hydroxylation is 2. The van der Waals surface area contributed by atoms with Gasteiger partial charge in [-0.3, -0.25) is 0 Å². The summed E-state index contributed by atoms with van der Waals surface area (Å²) in [5, 5.41) is 0. The second-order valence-electron chi connectivity index (χ2n) is 6.35. The number of nitrogens with zero attached hydrogens (tertiary/aromatic N) is 1. The van der Waals surface area contributed by atoms with E-state index < -0.39 is 0 Å². The van der Waals surface area contributed by atoms with Crippen molar-refractivity contribution in [3.63, 3.8) is 0 Å². The average molecular weight is 246 g/mol. The molecule has 0 saturated carbocycles. The number of rotatable bonds is 2. The van der Waals surface area contributed by atoms with Crippen LogP contribution in [-0.4, -0.2) is 18.6 Å². The predicted octanol–water partition coefficient (Wildman–Crippen LogP) is 3.26. The summed E-state index contributed by atoms with van der Waals surface area (Å²) in [7, 11) is 0. The molecule has 0 radical (unpaired) electrons. The Morgan fingerprint density at radius 1 is 1.33 bits per heavy atom. The SMILES string of the molecule is Cc1ccc(C)c(N2CCC(CN)CC2(C)C)c1. The summed E-state index contributed by atoms with van der Waals surface area (Å²) in [5.74, 6) is 0.682. The van der Waals surface area contributed by atoms with Gasteiger partial charge in [0.05, 0.1) is 0 Å². The van der Waals surface area contributed by atoms with Crippen LogP contribution >= 0.6 is 0 Å². The molecule has 1 atom stereocenters. The zero-order valence-corrected chi connectivity index (χ0v) is 12.2. The maximum atomic E-state index is 5.84. The van der Waals surface area contributed by atoms with E-state index in [9.17, 15) is 0 Å². The molecule has 2 heteroatoms. The summed E-state index contributed by atoms with van der Waals surface area (Å²) in [5.41, 5.74) is 10.2. The van der Waals surface area contributed by atoms with Crippen molar-refractivity contribution < 1.29 is 0 Å². The Kier molecular flexibility index (Phi) is 3.67. The Balaban J connectivity index is 2.30. The number of hydrogen-bond donors (Lipinski definition) is 1. The fraction of sp³-hybridized carbons (Fsp3) is 0.625. The van der Waals surface area contributed by atoms with Crippen molar-refractivity contribution in [2.24, 2.45) is 11.7 Å². The van der Waals surface area contributed by atoms with Crippen LogP contribution in [0.25, 0.3) is 0 Å². The van der Waals surface area contributed by atoms with Crippen molar-refractivity contribution in [2.75, 3.05) is 18.0 Å². The fourth-order valence-corrected chi connectivity index (χ4v) is 3.19. The van der Waals surface area contributed by atoms with E-state index in [0.717, 1.165) is 13.1 Å². The van der Waals surface area contributed by atoms with E-state index in [4.69, 9.17) is 5.73 Å². The fourth-order valence-electron chi connectivity index (χ4n) is 3.19. The molecule has 0 bridgehead atoms. The van der Waals surface area contributed by atoms with Crippen molar-refractivity contribution >= 4 is 5.69 Å². The van der Waals surface area contributed by atoms with Gasteiger partial charge >= 0.3 is 0 Å². The lowest BCUT2D eigenvalue weighted by atomic mass is 9.82. The lowest BCUT2D eigenvalue weighted by Gasteiger charge is -2.47. The quantitative estimate of drug-likeness (QED) is 0.868. The van der Waals surface area contributed by atoms with Crippen LogP contribution in [0.15, 0.2) is 18.2 Å². The highest BCUT2D eigenvalue weighted by Gasteiger charge is 2.34. The van der Waals surface area contributed by atoms with Crippen molar-refractivity contribution in [3.05, 3.63) is 29.3 Å². The molecule has 2 rings (SSSR count). The molecular weight excluding hydrogens is 220 g/mol. The zero-order valence-electron chi connectivity index (χ0n) is 12.2. The summed E-state index contributed by atoms with van der Waals surface area (Å²) in [6.45, 7) is 11.0. The van der Waals surface area contributed by atoms with Gasteiger partial charge in [0.2, 0.25) is 0 Å². The van der Waals surface area contributed by atoms with E-state index in [-0.39, 0.29) is 5.54 Å². The second-order valence-corrected chi connectivity index (χ2v) is 6.35. The molecule has 0 spiro atoms. The van der Waals surface area contributed by atoms with E-state index in [2.05, 4.69) is 50.8 Å². The third-order valence-electron chi connectivity index (χ3n) is 4.27. The molecule has 2 nitrogen and oxygen atoms in total. The van der Waals surface area contributed by atoms with Gasteiger partial charge in [-0.2, -0.15) is 0 Å². The first-order valence-corrected chi connectivity index (χ1v) is 6.99. The minimum atomic E-state index is 0.209. The number of piperidine rings is 1. The Morgan fingerprint density at radius 3 is 2.67 bits per heavy atom. The van der Waals surface area contributed by atoms with Crippen molar-refractivity contribution in [1.82, 2.24) is 0 Å². The minimum absolute atomic E-state index is 0.209. The summed E-state index contributed by atoms with van der Waals surface area (Å²) < 4.78 is 0. The van der Waals surface area contributed by atoms with Crippen molar-refractivity contribution in [3.8, 4) is 0 Å². The standard InChI is InChI=1S/C16H26N2/c1-12-5-6-13(2)15(9-12)18-8-7-14(11-17)10-16(18,3)4/h5-6,9,14H,7-8,10-11,17H2,1-4H3. The first kappa shape index (κ1) is 13.4. The molecule has 100 valence electrons. The van der Waals surface area contributed by atoms with Crippen LogP contribution in [-0.2, 0) is 0 Å². The van der Waals surface area contributed by atoms with Gasteiger partial charge in [-0.15, -0.1) is 0 Å². The number of hydrogen-bond acceptors (Lipinski definition) is 2. The molecule has 0 amide bonds. The molecule has 1 heterocycles. The van der Waals surface area contributed by atoms with E-state index in [1.54, 1.807) is 0 Å². The summed E-state index contributed by atoms with van der Waals surface area (Å²) in [6, 6.07) is 6.74. The maximum absolute atomic E-state index is 5.84. The van der Waals surface area contributed by atoms with Gasteiger partial charge in [0, 0.05) is 17.8 Å². The highest BCUT2D eigenvalue weighted by molar-refractivity contribution is 5.57. The Hall–Kier alpha value is -1.02. The van der Waals surface area contributed by atoms with E-state index in [0.29, 0.717) is 5.92 Å². The number of benzene rings is 1. The third-order valence-corrected chi connectivity index (χ3v) is 4.27. The first-order valence-electron chi connectivity index (χ1n) is 6.99. The van der Waals surface area contributed by atoms with Crippen LogP contribution in [0, 0.1) is 19.8 Å². The Bertz CT molecular complexity index is 423. The zero-order chi connectivity index (χ0) is 13.3. The molecule has 1 saturated heterocycles. The average Bonchev–Trinajstić information content (AvgIpc) is 2.31. The molecule has 0 aliphatic carbocycles. The molecule has 1 aromatic rings. The molecule has 1 aliphatic heterocycles. The van der Waals surface area contributed by atoms with Crippen LogP contribution in [0.1, 0.15) is 37.8 Å². The summed E-state index contributed by atoms with van der Waals surface area (Å²) in [6.07, 6.45) is 2.41. The van der Waals surface area contributed by atoms with Crippen molar-refractivity contribution in [2.45, 2.75) is 46.1 Å². The molecule has 1 aliphatic rings. The predicted molar refractivity (Wildman–Crippen MR) is 79.1 cm³/mol. The normalized spacial score (nSPS) is 23.2. The van der Waals surface area contributed by atoms with Crippen molar-refractivity contribution in [1.29, 1.82) is 0 Å². The number of nitrogens with two attached hydrogens (primary N) is 1. The van der Waals surface area contributed by atoms with Gasteiger partial charge in [-0.05, 0) is 70.2 Å².